The number of aryl methyl sites for hydroxylation is 1. The minimum Gasteiger partial charge on any atom is -0.394 e. The maximum atomic E-state index is 13.0. The van der Waals surface area contributed by atoms with Crippen LogP contribution in [-0.2, 0) is 16.9 Å². The predicted molar refractivity (Wildman–Crippen MR) is 114 cm³/mol. The molecule has 3 atom stereocenters. The fourth-order valence-electron chi connectivity index (χ4n) is 4.49. The number of benzene rings is 1. The van der Waals surface area contributed by atoms with Gasteiger partial charge in [-0.05, 0) is 56.4 Å². The van der Waals surface area contributed by atoms with Gasteiger partial charge >= 0.3 is 6.03 Å². The van der Waals surface area contributed by atoms with E-state index in [0.29, 0.717) is 30.8 Å². The summed E-state index contributed by atoms with van der Waals surface area (Å²) in [5.41, 5.74) is 0.257. The summed E-state index contributed by atoms with van der Waals surface area (Å²) in [6.45, 7) is 0.382. The molecule has 2 fully saturated rings. The topological polar surface area (TPSA) is 122 Å². The van der Waals surface area contributed by atoms with Crippen molar-refractivity contribution in [2.24, 2.45) is 0 Å². The summed E-state index contributed by atoms with van der Waals surface area (Å²) in [7, 11) is 0. The first-order valence-corrected chi connectivity index (χ1v) is 11.2. The van der Waals surface area contributed by atoms with Gasteiger partial charge in [-0.15, -0.1) is 5.10 Å². The molecule has 10 heteroatoms. The lowest BCUT2D eigenvalue weighted by Crippen LogP contribution is -2.52. The second-order valence-electron chi connectivity index (χ2n) is 8.66. The van der Waals surface area contributed by atoms with Crippen LogP contribution in [0.5, 0.6) is 0 Å². The van der Waals surface area contributed by atoms with Gasteiger partial charge in [-0.1, -0.05) is 18.1 Å². The number of hydrogen-bond donors (Lipinski definition) is 4. The first kappa shape index (κ1) is 22.6. The Bertz CT molecular complexity index is 900. The van der Waals surface area contributed by atoms with Gasteiger partial charge < -0.3 is 25.6 Å². The van der Waals surface area contributed by atoms with Crippen molar-refractivity contribution in [2.45, 2.75) is 75.3 Å². The molecule has 1 aromatic heterocycles. The molecule has 1 aliphatic carbocycles. The van der Waals surface area contributed by atoms with E-state index in [1.165, 1.54) is 24.3 Å². The molecular formula is C22H30FN5O4. The number of halogens is 1. The van der Waals surface area contributed by atoms with E-state index in [-0.39, 0.29) is 24.6 Å². The van der Waals surface area contributed by atoms with Crippen LogP contribution in [0.1, 0.15) is 50.6 Å². The molecule has 0 unspecified atom stereocenters. The zero-order chi connectivity index (χ0) is 22.6. The van der Waals surface area contributed by atoms with E-state index in [1.807, 2.05) is 6.20 Å². The van der Waals surface area contributed by atoms with Crippen LogP contribution in [0.25, 0.3) is 0 Å². The number of ether oxygens (including phenoxy) is 1. The van der Waals surface area contributed by atoms with Crippen molar-refractivity contribution in [3.8, 4) is 0 Å². The lowest BCUT2D eigenvalue weighted by Gasteiger charge is -2.36. The van der Waals surface area contributed by atoms with E-state index in [9.17, 15) is 19.4 Å². The van der Waals surface area contributed by atoms with Crippen LogP contribution in [0.2, 0.25) is 0 Å². The van der Waals surface area contributed by atoms with E-state index in [4.69, 9.17) is 4.74 Å². The summed E-state index contributed by atoms with van der Waals surface area (Å²) >= 11 is 0. The van der Waals surface area contributed by atoms with Crippen LogP contribution < -0.4 is 10.6 Å². The number of aliphatic hydroxyl groups is 2. The quantitative estimate of drug-likeness (QED) is 0.517. The molecule has 4 rings (SSSR count). The molecule has 2 amide bonds. The molecule has 174 valence electrons. The zero-order valence-corrected chi connectivity index (χ0v) is 17.9. The Labute approximate surface area is 186 Å². The van der Waals surface area contributed by atoms with E-state index in [1.54, 1.807) is 4.68 Å². The lowest BCUT2D eigenvalue weighted by atomic mass is 9.97. The molecule has 2 aliphatic rings. The average molecular weight is 448 g/mol. The smallest absolute Gasteiger partial charge is 0.319 e. The van der Waals surface area contributed by atoms with Crippen molar-refractivity contribution in [1.29, 1.82) is 0 Å². The lowest BCUT2D eigenvalue weighted by molar-refractivity contribution is -0.0905. The maximum Gasteiger partial charge on any atom is 0.319 e. The molecule has 1 saturated carbocycles. The van der Waals surface area contributed by atoms with Gasteiger partial charge in [0.15, 0.2) is 0 Å². The van der Waals surface area contributed by atoms with Gasteiger partial charge in [0.05, 0.1) is 24.9 Å². The molecule has 2 aromatic rings. The number of aromatic nitrogens is 3. The summed E-state index contributed by atoms with van der Waals surface area (Å²) in [6.07, 6.45) is 6.73. The Hall–Kier alpha value is -2.56. The van der Waals surface area contributed by atoms with Crippen molar-refractivity contribution in [3.05, 3.63) is 42.0 Å². The maximum absolute atomic E-state index is 13.0. The minimum absolute atomic E-state index is 0.0763. The third-order valence-corrected chi connectivity index (χ3v) is 6.34. The summed E-state index contributed by atoms with van der Waals surface area (Å²) in [4.78, 5) is 12.3. The second-order valence-corrected chi connectivity index (χ2v) is 8.66. The number of nitrogens with zero attached hydrogens (tertiary/aromatic N) is 3. The molecule has 2 heterocycles. The van der Waals surface area contributed by atoms with Crippen LogP contribution in [0.15, 0.2) is 30.5 Å². The van der Waals surface area contributed by atoms with Crippen molar-refractivity contribution in [1.82, 2.24) is 20.3 Å². The third kappa shape index (κ3) is 5.43. The van der Waals surface area contributed by atoms with Gasteiger partial charge in [-0.25, -0.2) is 9.18 Å². The Morgan fingerprint density at radius 3 is 2.72 bits per heavy atom. The summed E-state index contributed by atoms with van der Waals surface area (Å²) in [5.74, 6) is -0.375. The average Bonchev–Trinajstić information content (AvgIpc) is 3.45. The second kappa shape index (κ2) is 9.93. The SMILES string of the molecule is O=C(Nc1ccc(F)cc1)N[C@H]1CC[C@H](CCn2cc(C3(O)CCCC3)nn2)O[C@H]1CO. The highest BCUT2D eigenvalue weighted by Gasteiger charge is 2.36. The standard InChI is InChI=1S/C22H30FN5O4/c23-15-3-5-16(6-4-15)24-21(30)25-18-8-7-17(32-19(18)14-29)9-12-28-13-20(26-27-28)22(31)10-1-2-11-22/h3-6,13,17-19,29,31H,1-2,7-12,14H2,(H2,24,25,30)/t17-,18+,19+/m1/s1. The van der Waals surface area contributed by atoms with Crippen molar-refractivity contribution < 1.29 is 24.1 Å². The molecule has 9 nitrogen and oxygen atoms in total. The summed E-state index contributed by atoms with van der Waals surface area (Å²) < 4.78 is 20.7. The number of carbonyl (C=O) groups excluding carboxylic acids is 1. The molecule has 32 heavy (non-hydrogen) atoms. The number of rotatable bonds is 7. The fraction of sp³-hybridized carbons (Fsp3) is 0.591. The highest BCUT2D eigenvalue weighted by atomic mass is 19.1. The zero-order valence-electron chi connectivity index (χ0n) is 17.9. The minimum atomic E-state index is -0.852. The number of carbonyl (C=O) groups is 1. The molecule has 0 spiro atoms. The van der Waals surface area contributed by atoms with Gasteiger partial charge in [-0.2, -0.15) is 0 Å². The van der Waals surface area contributed by atoms with Crippen LogP contribution in [0.3, 0.4) is 0 Å². The van der Waals surface area contributed by atoms with Crippen molar-refractivity contribution in [3.63, 3.8) is 0 Å². The van der Waals surface area contributed by atoms with Crippen LogP contribution in [-0.4, -0.2) is 56.1 Å². The van der Waals surface area contributed by atoms with E-state index in [2.05, 4.69) is 20.9 Å². The van der Waals surface area contributed by atoms with E-state index < -0.39 is 17.7 Å². The normalized spacial score (nSPS) is 24.9. The predicted octanol–water partition coefficient (Wildman–Crippen LogP) is 2.30. The number of aliphatic hydroxyl groups excluding tert-OH is 1. The highest BCUT2D eigenvalue weighted by Crippen LogP contribution is 2.37. The van der Waals surface area contributed by atoms with Gasteiger partial charge in [0.25, 0.3) is 0 Å². The molecular weight excluding hydrogens is 417 g/mol. The van der Waals surface area contributed by atoms with E-state index >= 15 is 0 Å². The Kier molecular flexibility index (Phi) is 7.02. The third-order valence-electron chi connectivity index (χ3n) is 6.34. The molecule has 1 saturated heterocycles. The van der Waals surface area contributed by atoms with E-state index in [0.717, 1.165) is 32.1 Å². The fourth-order valence-corrected chi connectivity index (χ4v) is 4.49. The Balaban J connectivity index is 1.25. The largest absolute Gasteiger partial charge is 0.394 e. The van der Waals surface area contributed by atoms with Gasteiger partial charge in [0.2, 0.25) is 0 Å². The highest BCUT2D eigenvalue weighted by molar-refractivity contribution is 5.89. The molecule has 4 N–H and O–H groups in total. The Morgan fingerprint density at radius 2 is 2.00 bits per heavy atom. The number of nitrogens with one attached hydrogen (secondary N) is 2. The Morgan fingerprint density at radius 1 is 1.25 bits per heavy atom. The number of urea groups is 1. The first-order chi connectivity index (χ1) is 15.4. The van der Waals surface area contributed by atoms with Gasteiger partial charge in [-0.3, -0.25) is 4.68 Å². The van der Waals surface area contributed by atoms with Gasteiger partial charge in [0.1, 0.15) is 23.2 Å². The van der Waals surface area contributed by atoms with Crippen LogP contribution >= 0.6 is 0 Å². The molecule has 0 bridgehead atoms. The van der Waals surface area contributed by atoms with Crippen molar-refractivity contribution >= 4 is 11.7 Å². The number of amides is 2. The molecule has 1 aliphatic heterocycles. The summed E-state index contributed by atoms with van der Waals surface area (Å²) in [6, 6.07) is 4.74. The number of anilines is 1. The van der Waals surface area contributed by atoms with Gasteiger partial charge in [0, 0.05) is 12.2 Å². The number of hydrogen-bond acceptors (Lipinski definition) is 6. The first-order valence-electron chi connectivity index (χ1n) is 11.2. The van der Waals surface area contributed by atoms with Crippen molar-refractivity contribution in [2.75, 3.05) is 11.9 Å². The van der Waals surface area contributed by atoms with Crippen LogP contribution in [0, 0.1) is 5.82 Å². The molecule has 1 aromatic carbocycles. The summed E-state index contributed by atoms with van der Waals surface area (Å²) in [5, 5.41) is 34.2. The van der Waals surface area contributed by atoms with Crippen LogP contribution in [0.4, 0.5) is 14.9 Å². The molecule has 0 radical (unpaired) electrons. The monoisotopic (exact) mass is 447 g/mol.